The Morgan fingerprint density at radius 1 is 1.16 bits per heavy atom. The van der Waals surface area contributed by atoms with Crippen molar-refractivity contribution in [3.05, 3.63) is 63.8 Å². The van der Waals surface area contributed by atoms with Crippen molar-refractivity contribution < 1.29 is 0 Å². The van der Waals surface area contributed by atoms with Gasteiger partial charge in [-0.2, -0.15) is 10.4 Å². The molecule has 7 heteroatoms. The smallest absolute Gasteiger partial charge is 0.260 e. The van der Waals surface area contributed by atoms with Gasteiger partial charge in [0.1, 0.15) is 11.9 Å². The summed E-state index contributed by atoms with van der Waals surface area (Å²) in [5, 5.41) is 16.9. The number of hydrogen-bond acceptors (Lipinski definition) is 6. The highest BCUT2D eigenvalue weighted by Gasteiger charge is 2.36. The predicted molar refractivity (Wildman–Crippen MR) is 120 cm³/mol. The minimum atomic E-state index is -0.0565. The summed E-state index contributed by atoms with van der Waals surface area (Å²) in [7, 11) is 1.71. The maximum Gasteiger partial charge on any atom is 0.260 e. The SMILES string of the molecule is Cc1nc(N2N=C(c3ccc4ncn(C)c(=O)c4c3)CC2C2CCCC2)ccc1C#N. The summed E-state index contributed by atoms with van der Waals surface area (Å²) in [6.07, 6.45) is 7.26. The number of aromatic nitrogens is 3. The molecule has 3 heterocycles. The zero-order chi connectivity index (χ0) is 21.5. The van der Waals surface area contributed by atoms with Crippen LogP contribution in [-0.2, 0) is 7.05 Å². The molecule has 1 aromatic carbocycles. The summed E-state index contributed by atoms with van der Waals surface area (Å²) in [5.74, 6) is 1.34. The molecule has 0 spiro atoms. The van der Waals surface area contributed by atoms with E-state index in [1.807, 2.05) is 42.3 Å². The number of pyridine rings is 1. The lowest BCUT2D eigenvalue weighted by atomic mass is 9.92. The summed E-state index contributed by atoms with van der Waals surface area (Å²) >= 11 is 0. The van der Waals surface area contributed by atoms with Gasteiger partial charge < -0.3 is 4.57 Å². The van der Waals surface area contributed by atoms with E-state index < -0.39 is 0 Å². The Morgan fingerprint density at radius 3 is 2.71 bits per heavy atom. The molecule has 7 nitrogen and oxygen atoms in total. The third-order valence-corrected chi connectivity index (χ3v) is 6.57. The van der Waals surface area contributed by atoms with Crippen molar-refractivity contribution >= 4 is 22.4 Å². The highest BCUT2D eigenvalue weighted by molar-refractivity contribution is 6.05. The van der Waals surface area contributed by atoms with Crippen LogP contribution < -0.4 is 10.6 Å². The van der Waals surface area contributed by atoms with Crippen molar-refractivity contribution in [3.8, 4) is 6.07 Å². The number of nitrogens with zero attached hydrogens (tertiary/aromatic N) is 6. The summed E-state index contributed by atoms with van der Waals surface area (Å²) in [6.45, 7) is 1.86. The summed E-state index contributed by atoms with van der Waals surface area (Å²) < 4.78 is 1.50. The molecule has 31 heavy (non-hydrogen) atoms. The lowest BCUT2D eigenvalue weighted by molar-refractivity contribution is 0.428. The summed E-state index contributed by atoms with van der Waals surface area (Å²) in [6, 6.07) is 11.9. The van der Waals surface area contributed by atoms with Crippen LogP contribution in [0.4, 0.5) is 5.82 Å². The normalized spacial score (nSPS) is 19.1. The van der Waals surface area contributed by atoms with Crippen LogP contribution in [0.5, 0.6) is 0 Å². The van der Waals surface area contributed by atoms with Crippen molar-refractivity contribution in [2.45, 2.75) is 45.1 Å². The molecular formula is C24H24N6O. The van der Waals surface area contributed by atoms with Crippen molar-refractivity contribution in [1.29, 1.82) is 5.26 Å². The largest absolute Gasteiger partial charge is 0.302 e. The van der Waals surface area contributed by atoms with Gasteiger partial charge in [0.15, 0.2) is 0 Å². The first-order valence-corrected chi connectivity index (χ1v) is 10.8. The Kier molecular flexibility index (Phi) is 4.78. The van der Waals surface area contributed by atoms with Gasteiger partial charge in [0, 0.05) is 13.5 Å². The van der Waals surface area contributed by atoms with Crippen LogP contribution >= 0.6 is 0 Å². The van der Waals surface area contributed by atoms with Gasteiger partial charge in [0.25, 0.3) is 5.56 Å². The standard InChI is InChI=1S/C24H24N6O/c1-15-18(13-25)8-10-23(27-15)30-22(16-5-3-4-6-16)12-21(28-30)17-7-9-20-19(11-17)24(31)29(2)14-26-20/h7-11,14,16,22H,3-6,12H2,1-2H3. The summed E-state index contributed by atoms with van der Waals surface area (Å²) in [4.78, 5) is 21.6. The maximum absolute atomic E-state index is 12.6. The number of benzene rings is 1. The van der Waals surface area contributed by atoms with E-state index in [1.165, 1.54) is 30.3 Å². The quantitative estimate of drug-likeness (QED) is 0.655. The Labute approximate surface area is 180 Å². The molecule has 1 aliphatic heterocycles. The molecule has 1 fully saturated rings. The second-order valence-electron chi connectivity index (χ2n) is 8.51. The van der Waals surface area contributed by atoms with Gasteiger partial charge in [-0.05, 0) is 55.5 Å². The number of hydrazone groups is 1. The summed E-state index contributed by atoms with van der Waals surface area (Å²) in [5.41, 5.74) is 3.86. The Bertz CT molecular complexity index is 1300. The topological polar surface area (TPSA) is 87.2 Å². The Balaban J connectivity index is 1.57. The van der Waals surface area contributed by atoms with Crippen LogP contribution in [0.15, 0.2) is 46.6 Å². The monoisotopic (exact) mass is 412 g/mol. The molecule has 0 bridgehead atoms. The van der Waals surface area contributed by atoms with Gasteiger partial charge in [-0.25, -0.2) is 15.0 Å². The number of aryl methyl sites for hydroxylation is 2. The van der Waals surface area contributed by atoms with Crippen LogP contribution in [0.3, 0.4) is 0 Å². The molecule has 1 saturated carbocycles. The van der Waals surface area contributed by atoms with Crippen molar-refractivity contribution in [1.82, 2.24) is 14.5 Å². The highest BCUT2D eigenvalue weighted by Crippen LogP contribution is 2.38. The zero-order valence-electron chi connectivity index (χ0n) is 17.7. The molecule has 156 valence electrons. The third kappa shape index (κ3) is 3.38. The van der Waals surface area contributed by atoms with Crippen LogP contribution in [-0.4, -0.2) is 26.3 Å². The Morgan fingerprint density at radius 2 is 1.97 bits per heavy atom. The molecule has 3 aromatic rings. The number of nitriles is 1. The third-order valence-electron chi connectivity index (χ3n) is 6.57. The molecule has 0 radical (unpaired) electrons. The first-order valence-electron chi connectivity index (χ1n) is 10.8. The molecule has 5 rings (SSSR count). The lowest BCUT2D eigenvalue weighted by Gasteiger charge is -2.27. The van der Waals surface area contributed by atoms with E-state index in [0.717, 1.165) is 23.5 Å². The molecule has 1 aliphatic carbocycles. The van der Waals surface area contributed by atoms with Gasteiger partial charge in [-0.1, -0.05) is 18.9 Å². The van der Waals surface area contributed by atoms with Gasteiger partial charge >= 0.3 is 0 Å². The minimum absolute atomic E-state index is 0.0565. The van der Waals surface area contributed by atoms with E-state index in [2.05, 4.69) is 16.0 Å². The van der Waals surface area contributed by atoms with E-state index in [9.17, 15) is 10.1 Å². The fraction of sp³-hybridized carbons (Fsp3) is 0.375. The molecule has 0 N–H and O–H groups in total. The molecule has 0 saturated heterocycles. The van der Waals surface area contributed by atoms with Gasteiger partial charge in [-0.3, -0.25) is 4.79 Å². The average Bonchev–Trinajstić information content (AvgIpc) is 3.46. The number of fused-ring (bicyclic) bond motifs is 1. The van der Waals surface area contributed by atoms with Gasteiger partial charge in [-0.15, -0.1) is 0 Å². The predicted octanol–water partition coefficient (Wildman–Crippen LogP) is 3.68. The lowest BCUT2D eigenvalue weighted by Crippen LogP contribution is -2.33. The van der Waals surface area contributed by atoms with Crippen molar-refractivity contribution in [2.75, 3.05) is 5.01 Å². The maximum atomic E-state index is 12.6. The minimum Gasteiger partial charge on any atom is -0.302 e. The fourth-order valence-corrected chi connectivity index (χ4v) is 4.82. The number of anilines is 1. The van der Waals surface area contributed by atoms with Gasteiger partial charge in [0.2, 0.25) is 0 Å². The van der Waals surface area contributed by atoms with E-state index >= 15 is 0 Å². The molecule has 1 unspecified atom stereocenters. The van der Waals surface area contributed by atoms with Crippen LogP contribution in [0.25, 0.3) is 10.9 Å². The van der Waals surface area contributed by atoms with Crippen molar-refractivity contribution in [2.24, 2.45) is 18.1 Å². The van der Waals surface area contributed by atoms with Crippen LogP contribution in [0.1, 0.15) is 48.9 Å². The van der Waals surface area contributed by atoms with Crippen molar-refractivity contribution in [3.63, 3.8) is 0 Å². The Hall–Kier alpha value is -3.53. The molecule has 2 aromatic heterocycles. The second kappa shape index (κ2) is 7.62. The van der Waals surface area contributed by atoms with Crippen LogP contribution in [0.2, 0.25) is 0 Å². The fourth-order valence-electron chi connectivity index (χ4n) is 4.82. The molecule has 2 aliphatic rings. The van der Waals surface area contributed by atoms with E-state index in [4.69, 9.17) is 5.10 Å². The van der Waals surface area contributed by atoms with E-state index in [-0.39, 0.29) is 11.6 Å². The van der Waals surface area contributed by atoms with E-state index in [0.29, 0.717) is 28.1 Å². The molecule has 0 amide bonds. The molecule has 1 atom stereocenters. The van der Waals surface area contributed by atoms with E-state index in [1.54, 1.807) is 13.4 Å². The molecular weight excluding hydrogens is 388 g/mol. The first-order chi connectivity index (χ1) is 15.0. The number of rotatable bonds is 3. The highest BCUT2D eigenvalue weighted by atomic mass is 16.1. The van der Waals surface area contributed by atoms with Gasteiger partial charge in [0.05, 0.1) is 40.2 Å². The van der Waals surface area contributed by atoms with Crippen LogP contribution in [0, 0.1) is 24.2 Å². The zero-order valence-corrected chi connectivity index (χ0v) is 17.7. The second-order valence-corrected chi connectivity index (χ2v) is 8.51. The number of hydrogen-bond donors (Lipinski definition) is 0. The first kappa shape index (κ1) is 19.4. The average molecular weight is 412 g/mol.